The summed E-state index contributed by atoms with van der Waals surface area (Å²) in [5.74, 6) is -2.91. The fourth-order valence-electron chi connectivity index (χ4n) is 6.29. The van der Waals surface area contributed by atoms with Crippen LogP contribution in [0.2, 0.25) is 0 Å². The number of hydrogen-bond donors (Lipinski definition) is 1. The summed E-state index contributed by atoms with van der Waals surface area (Å²) in [5, 5.41) is 2.86. The highest BCUT2D eigenvalue weighted by molar-refractivity contribution is 6.25. The third kappa shape index (κ3) is 2.12. The van der Waals surface area contributed by atoms with Crippen LogP contribution in [0.5, 0.6) is 0 Å². The van der Waals surface area contributed by atoms with Crippen LogP contribution in [0.3, 0.4) is 0 Å². The van der Waals surface area contributed by atoms with Gasteiger partial charge in [-0.05, 0) is 74.7 Å². The molecule has 4 aliphatic heterocycles. The number of amides is 3. The van der Waals surface area contributed by atoms with Crippen molar-refractivity contribution in [2.75, 3.05) is 16.8 Å². The zero-order chi connectivity index (χ0) is 21.7. The van der Waals surface area contributed by atoms with Crippen molar-refractivity contribution in [2.24, 2.45) is 11.8 Å². The summed E-state index contributed by atoms with van der Waals surface area (Å²) < 4.78 is 14.3. The van der Waals surface area contributed by atoms with Crippen LogP contribution in [0.15, 0.2) is 36.4 Å². The summed E-state index contributed by atoms with van der Waals surface area (Å²) in [6.07, 6.45) is 1.57. The van der Waals surface area contributed by atoms with Crippen LogP contribution >= 0.6 is 0 Å². The summed E-state index contributed by atoms with van der Waals surface area (Å²) in [4.78, 5) is 44.2. The number of halogens is 1. The lowest BCUT2D eigenvalue weighted by Crippen LogP contribution is -2.54. The van der Waals surface area contributed by atoms with E-state index in [9.17, 15) is 18.8 Å². The lowest BCUT2D eigenvalue weighted by atomic mass is 9.75. The van der Waals surface area contributed by atoms with E-state index in [0.717, 1.165) is 24.0 Å². The SMILES string of the molecule is Cc1ccc(N2C(=O)[C@@H]3[C@@H]4CCCN4[C@]4(C(=O)Nc5ccc(F)cc54)[C@H]3C2=O)cc1C. The predicted octanol–water partition coefficient (Wildman–Crippen LogP) is 2.87. The van der Waals surface area contributed by atoms with E-state index in [-0.39, 0.29) is 23.8 Å². The minimum absolute atomic E-state index is 0.210. The highest BCUT2D eigenvalue weighted by atomic mass is 19.1. The van der Waals surface area contributed by atoms with Crippen molar-refractivity contribution in [3.05, 3.63) is 58.9 Å². The van der Waals surface area contributed by atoms with Crippen molar-refractivity contribution >= 4 is 29.1 Å². The first-order valence-corrected chi connectivity index (χ1v) is 10.7. The number of nitrogens with zero attached hydrogens (tertiary/aromatic N) is 2. The number of hydrogen-bond acceptors (Lipinski definition) is 4. The van der Waals surface area contributed by atoms with Crippen LogP contribution in [-0.2, 0) is 19.9 Å². The fourth-order valence-corrected chi connectivity index (χ4v) is 6.29. The lowest BCUT2D eigenvalue weighted by Gasteiger charge is -2.36. The molecule has 4 aliphatic rings. The maximum absolute atomic E-state index is 14.3. The molecule has 0 saturated carbocycles. The molecule has 158 valence electrons. The second-order valence-electron chi connectivity index (χ2n) is 9.10. The van der Waals surface area contributed by atoms with E-state index in [2.05, 4.69) is 5.32 Å². The van der Waals surface area contributed by atoms with Crippen LogP contribution in [0.4, 0.5) is 15.8 Å². The van der Waals surface area contributed by atoms with Gasteiger partial charge in [0.05, 0.1) is 17.5 Å². The topological polar surface area (TPSA) is 69.7 Å². The van der Waals surface area contributed by atoms with Crippen molar-refractivity contribution in [1.82, 2.24) is 4.90 Å². The Labute approximate surface area is 179 Å². The summed E-state index contributed by atoms with van der Waals surface area (Å²) in [6.45, 7) is 4.51. The summed E-state index contributed by atoms with van der Waals surface area (Å²) in [6, 6.07) is 9.49. The molecule has 7 heteroatoms. The Balaban J connectivity index is 1.56. The van der Waals surface area contributed by atoms with Gasteiger partial charge in [-0.25, -0.2) is 9.29 Å². The molecule has 0 radical (unpaired) electrons. The van der Waals surface area contributed by atoms with Crippen molar-refractivity contribution in [2.45, 2.75) is 38.3 Å². The summed E-state index contributed by atoms with van der Waals surface area (Å²) >= 11 is 0. The molecule has 0 unspecified atom stereocenters. The second-order valence-corrected chi connectivity index (χ2v) is 9.10. The monoisotopic (exact) mass is 419 g/mol. The van der Waals surface area contributed by atoms with Gasteiger partial charge < -0.3 is 5.32 Å². The molecule has 4 heterocycles. The number of benzene rings is 2. The maximum Gasteiger partial charge on any atom is 0.250 e. The van der Waals surface area contributed by atoms with Crippen molar-refractivity contribution in [3.8, 4) is 0 Å². The Kier molecular flexibility index (Phi) is 3.62. The van der Waals surface area contributed by atoms with Gasteiger partial charge in [0.2, 0.25) is 17.7 Å². The molecule has 1 spiro atoms. The van der Waals surface area contributed by atoms with E-state index < -0.39 is 23.2 Å². The van der Waals surface area contributed by atoms with E-state index in [1.165, 1.54) is 23.1 Å². The molecular weight excluding hydrogens is 397 g/mol. The second kappa shape index (κ2) is 6.01. The van der Waals surface area contributed by atoms with Gasteiger partial charge in [-0.15, -0.1) is 0 Å². The normalized spacial score (nSPS) is 31.4. The Morgan fingerprint density at radius 2 is 1.84 bits per heavy atom. The first-order chi connectivity index (χ1) is 14.9. The molecule has 0 bridgehead atoms. The largest absolute Gasteiger partial charge is 0.324 e. The first-order valence-electron chi connectivity index (χ1n) is 10.7. The standard InChI is InChI=1S/C24H22FN3O3/c1-12-5-7-15(10-13(12)2)28-21(29)19-18-4-3-9-27(18)24(20(19)22(28)30)16-11-14(25)6-8-17(16)26-23(24)31/h5-8,10-11,18-20H,3-4,9H2,1-2H3,(H,26,31)/t18-,19+,20+,24-/m0/s1. The van der Waals surface area contributed by atoms with Gasteiger partial charge in [-0.3, -0.25) is 19.3 Å². The number of aryl methyl sites for hydroxylation is 2. The van der Waals surface area contributed by atoms with E-state index in [0.29, 0.717) is 23.5 Å². The zero-order valence-corrected chi connectivity index (χ0v) is 17.3. The molecule has 4 atom stereocenters. The van der Waals surface area contributed by atoms with Crippen LogP contribution in [0, 0.1) is 31.5 Å². The molecule has 2 aromatic carbocycles. The van der Waals surface area contributed by atoms with Gasteiger partial charge in [0.25, 0.3) is 0 Å². The average molecular weight is 419 g/mol. The Bertz CT molecular complexity index is 1190. The van der Waals surface area contributed by atoms with Crippen LogP contribution < -0.4 is 10.2 Å². The third-order valence-corrected chi connectivity index (χ3v) is 7.70. The van der Waals surface area contributed by atoms with Crippen molar-refractivity contribution in [3.63, 3.8) is 0 Å². The van der Waals surface area contributed by atoms with Gasteiger partial charge in [-0.1, -0.05) is 6.07 Å². The molecule has 3 saturated heterocycles. The number of rotatable bonds is 1. The molecule has 0 aliphatic carbocycles. The number of anilines is 2. The first kappa shape index (κ1) is 18.7. The predicted molar refractivity (Wildman–Crippen MR) is 112 cm³/mol. The van der Waals surface area contributed by atoms with E-state index >= 15 is 0 Å². The minimum Gasteiger partial charge on any atom is -0.324 e. The number of carbonyl (C=O) groups excluding carboxylic acids is 3. The molecule has 2 aromatic rings. The molecule has 6 nitrogen and oxygen atoms in total. The average Bonchev–Trinajstić information content (AvgIpc) is 3.43. The molecule has 6 rings (SSSR count). The van der Waals surface area contributed by atoms with Gasteiger partial charge in [0.1, 0.15) is 11.4 Å². The van der Waals surface area contributed by atoms with Crippen LogP contribution in [0.1, 0.15) is 29.5 Å². The van der Waals surface area contributed by atoms with Gasteiger partial charge in [-0.2, -0.15) is 0 Å². The Hall–Kier alpha value is -3.06. The van der Waals surface area contributed by atoms with Gasteiger partial charge in [0.15, 0.2) is 0 Å². The Morgan fingerprint density at radius 1 is 1.03 bits per heavy atom. The highest BCUT2D eigenvalue weighted by Crippen LogP contribution is 2.60. The van der Waals surface area contributed by atoms with Crippen molar-refractivity contribution < 1.29 is 18.8 Å². The maximum atomic E-state index is 14.3. The molecule has 3 fully saturated rings. The number of nitrogens with one attached hydrogen (secondary N) is 1. The Morgan fingerprint density at radius 3 is 2.61 bits per heavy atom. The number of imide groups is 1. The highest BCUT2D eigenvalue weighted by Gasteiger charge is 2.74. The van der Waals surface area contributed by atoms with Gasteiger partial charge in [0, 0.05) is 17.3 Å². The number of carbonyl (C=O) groups is 3. The molecule has 0 aromatic heterocycles. The smallest absolute Gasteiger partial charge is 0.250 e. The number of fused-ring (bicyclic) bond motifs is 7. The quantitative estimate of drug-likeness (QED) is 0.722. The zero-order valence-electron chi connectivity index (χ0n) is 17.3. The van der Waals surface area contributed by atoms with E-state index in [4.69, 9.17) is 0 Å². The fraction of sp³-hybridized carbons (Fsp3) is 0.375. The molecular formula is C24H22FN3O3. The summed E-state index contributed by atoms with van der Waals surface area (Å²) in [7, 11) is 0. The van der Waals surface area contributed by atoms with E-state index in [1.807, 2.05) is 30.9 Å². The van der Waals surface area contributed by atoms with Crippen LogP contribution in [-0.4, -0.2) is 35.2 Å². The van der Waals surface area contributed by atoms with E-state index in [1.54, 1.807) is 6.07 Å². The minimum atomic E-state index is -1.34. The van der Waals surface area contributed by atoms with Crippen LogP contribution in [0.25, 0.3) is 0 Å². The molecule has 31 heavy (non-hydrogen) atoms. The molecule has 3 amide bonds. The summed E-state index contributed by atoms with van der Waals surface area (Å²) in [5.41, 5.74) is 2.23. The van der Waals surface area contributed by atoms with Crippen molar-refractivity contribution in [1.29, 1.82) is 0 Å². The molecule has 1 N–H and O–H groups in total. The van der Waals surface area contributed by atoms with Gasteiger partial charge >= 0.3 is 0 Å². The third-order valence-electron chi connectivity index (χ3n) is 7.70. The lowest BCUT2D eigenvalue weighted by molar-refractivity contribution is -0.135.